The topological polar surface area (TPSA) is 12.0 Å². The molecule has 4 rings (SSSR count). The Balaban J connectivity index is 1.95. The van der Waals surface area contributed by atoms with Crippen molar-refractivity contribution < 1.29 is 0 Å². The molecule has 0 aromatic rings. The van der Waals surface area contributed by atoms with Crippen LogP contribution < -0.4 is 5.32 Å². The zero-order valence-corrected chi connectivity index (χ0v) is 8.84. The summed E-state index contributed by atoms with van der Waals surface area (Å²) in [4.78, 5) is 0. The summed E-state index contributed by atoms with van der Waals surface area (Å²) in [7, 11) is 2.18. The largest absolute Gasteiger partial charge is 0.314 e. The van der Waals surface area contributed by atoms with E-state index in [4.69, 9.17) is 0 Å². The number of nitrogens with one attached hydrogen (secondary N) is 1. The minimum absolute atomic E-state index is 0.550. The van der Waals surface area contributed by atoms with E-state index in [1.807, 2.05) is 0 Å². The molecule has 3 unspecified atom stereocenters. The Labute approximate surface area is 81.3 Å². The first-order chi connectivity index (χ1) is 6.23. The van der Waals surface area contributed by atoms with Crippen LogP contribution in [0.25, 0.3) is 0 Å². The first kappa shape index (κ1) is 8.28. The lowest BCUT2D eigenvalue weighted by Crippen LogP contribution is -2.62. The summed E-state index contributed by atoms with van der Waals surface area (Å²) in [6.45, 7) is 2.49. The van der Waals surface area contributed by atoms with Gasteiger partial charge >= 0.3 is 0 Å². The SMILES string of the molecule is CNC12CC3CC(CC(C3)C1C)C2. The molecular weight excluding hydrogens is 158 g/mol. The highest BCUT2D eigenvalue weighted by atomic mass is 15.0. The van der Waals surface area contributed by atoms with Crippen LogP contribution in [0.4, 0.5) is 0 Å². The molecule has 0 heterocycles. The molecule has 4 aliphatic carbocycles. The minimum Gasteiger partial charge on any atom is -0.314 e. The van der Waals surface area contributed by atoms with Crippen LogP contribution in [0.3, 0.4) is 0 Å². The highest BCUT2D eigenvalue weighted by Gasteiger charge is 2.54. The van der Waals surface area contributed by atoms with Crippen LogP contribution >= 0.6 is 0 Å². The molecule has 0 saturated heterocycles. The van der Waals surface area contributed by atoms with Gasteiger partial charge in [0.05, 0.1) is 0 Å². The van der Waals surface area contributed by atoms with Crippen LogP contribution in [0.15, 0.2) is 0 Å². The van der Waals surface area contributed by atoms with E-state index >= 15 is 0 Å². The first-order valence-corrected chi connectivity index (χ1v) is 5.92. The van der Waals surface area contributed by atoms with Gasteiger partial charge in [-0.25, -0.2) is 0 Å². The van der Waals surface area contributed by atoms with Gasteiger partial charge in [-0.15, -0.1) is 0 Å². The fourth-order valence-electron chi connectivity index (χ4n) is 4.73. The van der Waals surface area contributed by atoms with Crippen LogP contribution in [0.2, 0.25) is 0 Å². The van der Waals surface area contributed by atoms with E-state index in [1.54, 1.807) is 19.3 Å². The van der Waals surface area contributed by atoms with Crippen LogP contribution in [0.1, 0.15) is 39.0 Å². The van der Waals surface area contributed by atoms with Crippen molar-refractivity contribution in [3.05, 3.63) is 0 Å². The lowest BCUT2D eigenvalue weighted by Gasteiger charge is -2.60. The predicted molar refractivity (Wildman–Crippen MR) is 54.5 cm³/mol. The van der Waals surface area contributed by atoms with E-state index in [1.165, 1.54) is 12.8 Å². The second kappa shape index (κ2) is 2.50. The van der Waals surface area contributed by atoms with Crippen molar-refractivity contribution in [2.24, 2.45) is 23.7 Å². The van der Waals surface area contributed by atoms with Crippen molar-refractivity contribution >= 4 is 0 Å². The lowest BCUT2D eigenvalue weighted by molar-refractivity contribution is -0.0632. The fourth-order valence-corrected chi connectivity index (χ4v) is 4.73. The Hall–Kier alpha value is -0.0400. The van der Waals surface area contributed by atoms with Crippen LogP contribution in [0, 0.1) is 23.7 Å². The molecule has 0 aromatic carbocycles. The molecule has 0 radical (unpaired) electrons. The highest BCUT2D eigenvalue weighted by molar-refractivity contribution is 5.09. The zero-order valence-electron chi connectivity index (χ0n) is 8.84. The Morgan fingerprint density at radius 3 is 2.23 bits per heavy atom. The molecule has 1 heteroatoms. The summed E-state index contributed by atoms with van der Waals surface area (Å²) in [5, 5.41) is 3.66. The molecule has 4 saturated carbocycles. The molecule has 4 bridgehead atoms. The van der Waals surface area contributed by atoms with E-state index in [0.717, 1.165) is 23.7 Å². The normalized spacial score (nSPS) is 58.6. The van der Waals surface area contributed by atoms with Crippen molar-refractivity contribution in [3.63, 3.8) is 0 Å². The summed E-state index contributed by atoms with van der Waals surface area (Å²) in [5.41, 5.74) is 0.550. The minimum atomic E-state index is 0.550. The van der Waals surface area contributed by atoms with Gasteiger partial charge in [0.1, 0.15) is 0 Å². The predicted octanol–water partition coefficient (Wildman–Crippen LogP) is 2.42. The van der Waals surface area contributed by atoms with Crippen molar-refractivity contribution in [1.82, 2.24) is 5.32 Å². The Bertz CT molecular complexity index is 209. The molecule has 1 nitrogen and oxygen atoms in total. The van der Waals surface area contributed by atoms with Gasteiger partial charge in [0, 0.05) is 5.54 Å². The maximum atomic E-state index is 3.66. The molecular formula is C12H21N. The van der Waals surface area contributed by atoms with E-state index in [-0.39, 0.29) is 0 Å². The maximum Gasteiger partial charge on any atom is 0.0211 e. The van der Waals surface area contributed by atoms with Gasteiger partial charge < -0.3 is 5.32 Å². The third kappa shape index (κ3) is 0.971. The lowest BCUT2D eigenvalue weighted by atomic mass is 9.49. The summed E-state index contributed by atoms with van der Waals surface area (Å²) < 4.78 is 0. The molecule has 0 spiro atoms. The van der Waals surface area contributed by atoms with E-state index in [9.17, 15) is 0 Å². The van der Waals surface area contributed by atoms with Gasteiger partial charge in [0.25, 0.3) is 0 Å². The van der Waals surface area contributed by atoms with E-state index < -0.39 is 0 Å². The van der Waals surface area contributed by atoms with Crippen molar-refractivity contribution in [3.8, 4) is 0 Å². The summed E-state index contributed by atoms with van der Waals surface area (Å²) in [6, 6.07) is 0. The molecule has 4 fully saturated rings. The van der Waals surface area contributed by atoms with E-state index in [2.05, 4.69) is 19.3 Å². The Morgan fingerprint density at radius 2 is 1.69 bits per heavy atom. The van der Waals surface area contributed by atoms with Crippen LogP contribution in [-0.2, 0) is 0 Å². The average molecular weight is 179 g/mol. The summed E-state index contributed by atoms with van der Waals surface area (Å²) in [6.07, 6.45) is 7.57. The first-order valence-electron chi connectivity index (χ1n) is 5.92. The van der Waals surface area contributed by atoms with Gasteiger partial charge in [0.2, 0.25) is 0 Å². The highest BCUT2D eigenvalue weighted by Crippen LogP contribution is 2.58. The molecule has 0 aliphatic heterocycles. The van der Waals surface area contributed by atoms with Gasteiger partial charge in [-0.2, -0.15) is 0 Å². The van der Waals surface area contributed by atoms with Crippen molar-refractivity contribution in [2.45, 2.75) is 44.6 Å². The molecule has 13 heavy (non-hydrogen) atoms. The average Bonchev–Trinajstić information content (AvgIpc) is 2.12. The van der Waals surface area contributed by atoms with Gasteiger partial charge in [-0.3, -0.25) is 0 Å². The quantitative estimate of drug-likeness (QED) is 0.652. The van der Waals surface area contributed by atoms with Crippen LogP contribution in [-0.4, -0.2) is 12.6 Å². The molecule has 4 aliphatic rings. The van der Waals surface area contributed by atoms with Crippen molar-refractivity contribution in [1.29, 1.82) is 0 Å². The van der Waals surface area contributed by atoms with Gasteiger partial charge in [0.15, 0.2) is 0 Å². The smallest absolute Gasteiger partial charge is 0.0211 e. The Morgan fingerprint density at radius 1 is 1.08 bits per heavy atom. The van der Waals surface area contributed by atoms with Gasteiger partial charge in [-0.1, -0.05) is 6.92 Å². The summed E-state index contributed by atoms with van der Waals surface area (Å²) in [5.74, 6) is 4.13. The maximum absolute atomic E-state index is 3.66. The zero-order chi connectivity index (χ0) is 9.05. The molecule has 1 N–H and O–H groups in total. The molecule has 0 aromatic heterocycles. The Kier molecular flexibility index (Phi) is 1.59. The number of hydrogen-bond donors (Lipinski definition) is 1. The standard InChI is InChI=1S/C12H21N/c1-8-11-4-9-3-10(5-11)7-12(8,6-9)13-2/h8-11,13H,3-7H2,1-2H3. The molecule has 74 valence electrons. The number of hydrogen-bond acceptors (Lipinski definition) is 1. The van der Waals surface area contributed by atoms with Crippen molar-refractivity contribution in [2.75, 3.05) is 7.05 Å². The second-order valence-electron chi connectivity index (χ2n) is 5.80. The summed E-state index contributed by atoms with van der Waals surface area (Å²) >= 11 is 0. The van der Waals surface area contributed by atoms with E-state index in [0.29, 0.717) is 5.54 Å². The molecule has 0 amide bonds. The molecule has 3 atom stereocenters. The van der Waals surface area contributed by atoms with Crippen LogP contribution in [0.5, 0.6) is 0 Å². The second-order valence-corrected chi connectivity index (χ2v) is 5.80. The number of rotatable bonds is 1. The third-order valence-electron chi connectivity index (χ3n) is 5.32. The monoisotopic (exact) mass is 179 g/mol. The third-order valence-corrected chi connectivity index (χ3v) is 5.32. The fraction of sp³-hybridized carbons (Fsp3) is 1.00. The van der Waals surface area contributed by atoms with Gasteiger partial charge in [-0.05, 0) is 62.8 Å².